The molecule has 9 heteroatoms. The number of nitrogens with zero attached hydrogens (tertiary/aromatic N) is 1. The third-order valence-electron chi connectivity index (χ3n) is 4.04. The molecule has 0 bridgehead atoms. The van der Waals surface area contributed by atoms with Gasteiger partial charge in [-0.3, -0.25) is 13.9 Å². The summed E-state index contributed by atoms with van der Waals surface area (Å²) < 4.78 is 37.5. The number of hydrogen-bond acceptors (Lipinski definition) is 4. The summed E-state index contributed by atoms with van der Waals surface area (Å²) in [6.45, 7) is 1.71. The molecule has 2 aromatic carbocycles. The summed E-state index contributed by atoms with van der Waals surface area (Å²) in [4.78, 5) is 24.2. The lowest BCUT2D eigenvalue weighted by Crippen LogP contribution is -2.29. The monoisotopic (exact) mass is 393 g/mol. The van der Waals surface area contributed by atoms with Gasteiger partial charge in [-0.15, -0.1) is 0 Å². The summed E-state index contributed by atoms with van der Waals surface area (Å²) >= 11 is 0. The van der Waals surface area contributed by atoms with Crippen molar-refractivity contribution in [3.8, 4) is 0 Å². The van der Waals surface area contributed by atoms with Crippen molar-refractivity contribution in [2.45, 2.75) is 13.0 Å². The minimum absolute atomic E-state index is 0.00239. The second-order valence-electron chi connectivity index (χ2n) is 6.11. The molecule has 0 fully saturated rings. The summed E-state index contributed by atoms with van der Waals surface area (Å²) in [7, 11) is -2.29. The van der Waals surface area contributed by atoms with Gasteiger partial charge >= 0.3 is 0 Å². The molecule has 1 atom stereocenters. The molecule has 0 saturated heterocycles. The van der Waals surface area contributed by atoms with Crippen molar-refractivity contribution in [2.24, 2.45) is 5.73 Å². The number of nitrogens with one attached hydrogen (secondary N) is 1. The predicted octanol–water partition coefficient (Wildman–Crippen LogP) is 1.81. The molecule has 2 aromatic rings. The Bertz CT molecular complexity index is 975. The van der Waals surface area contributed by atoms with Gasteiger partial charge in [0.05, 0.1) is 18.0 Å². The number of hydrogen-bond donors (Lipinski definition) is 2. The van der Waals surface area contributed by atoms with E-state index in [1.807, 2.05) is 0 Å². The number of carbonyl (C=O) groups excluding carboxylic acids is 2. The van der Waals surface area contributed by atoms with Crippen LogP contribution in [0.3, 0.4) is 0 Å². The maximum absolute atomic E-state index is 13.0. The Labute approximate surface area is 157 Å². The highest BCUT2D eigenvalue weighted by Crippen LogP contribution is 2.21. The molecule has 0 spiro atoms. The average molecular weight is 393 g/mol. The predicted molar refractivity (Wildman–Crippen MR) is 100 cm³/mol. The van der Waals surface area contributed by atoms with Gasteiger partial charge in [-0.2, -0.15) is 0 Å². The van der Waals surface area contributed by atoms with Gasteiger partial charge < -0.3 is 11.1 Å². The van der Waals surface area contributed by atoms with Crippen molar-refractivity contribution in [1.82, 2.24) is 5.32 Å². The minimum atomic E-state index is -3.60. The Balaban J connectivity index is 2.35. The van der Waals surface area contributed by atoms with Crippen LogP contribution < -0.4 is 15.4 Å². The molecule has 0 aliphatic carbocycles. The first-order valence-electron chi connectivity index (χ1n) is 7.94. The van der Waals surface area contributed by atoms with E-state index in [0.717, 1.165) is 10.6 Å². The third-order valence-corrected chi connectivity index (χ3v) is 5.25. The van der Waals surface area contributed by atoms with Crippen LogP contribution in [0.1, 0.15) is 39.2 Å². The zero-order chi connectivity index (χ0) is 20.4. The van der Waals surface area contributed by atoms with Crippen LogP contribution in [0.5, 0.6) is 0 Å². The highest BCUT2D eigenvalue weighted by molar-refractivity contribution is 7.92. The molecule has 3 N–H and O–H groups in total. The number of primary amides is 1. The van der Waals surface area contributed by atoms with E-state index in [1.54, 1.807) is 19.1 Å². The largest absolute Gasteiger partial charge is 0.366 e. The van der Waals surface area contributed by atoms with Crippen LogP contribution in [0.2, 0.25) is 0 Å². The molecule has 2 amide bonds. The number of rotatable bonds is 6. The van der Waals surface area contributed by atoms with Crippen molar-refractivity contribution in [1.29, 1.82) is 0 Å². The van der Waals surface area contributed by atoms with E-state index < -0.39 is 27.9 Å². The van der Waals surface area contributed by atoms with Crippen molar-refractivity contribution < 1.29 is 22.4 Å². The van der Waals surface area contributed by atoms with E-state index in [-0.39, 0.29) is 22.6 Å². The number of benzene rings is 2. The second kappa shape index (κ2) is 7.75. The fraction of sp³-hybridized carbons (Fsp3) is 0.222. The summed E-state index contributed by atoms with van der Waals surface area (Å²) in [6, 6.07) is 9.14. The van der Waals surface area contributed by atoms with E-state index in [4.69, 9.17) is 5.73 Å². The van der Waals surface area contributed by atoms with E-state index in [0.29, 0.717) is 5.56 Å². The van der Waals surface area contributed by atoms with Crippen LogP contribution in [-0.4, -0.2) is 33.5 Å². The lowest BCUT2D eigenvalue weighted by molar-refractivity contribution is 0.0940. The molecular formula is C18H20FN3O4S. The molecule has 0 aliphatic heterocycles. The first kappa shape index (κ1) is 20.4. The standard InChI is InChI=1S/C18H20FN3O4S/c1-11(12-4-6-15(19)7-5-12)21-18(24)14-8-13(17(20)23)9-16(10-14)22(2)27(3,25)26/h4-11H,1-3H3,(H2,20,23)(H,21,24)/t11-/m1/s1. The summed E-state index contributed by atoms with van der Waals surface area (Å²) in [5.41, 5.74) is 6.19. The van der Waals surface area contributed by atoms with Gasteiger partial charge in [-0.05, 0) is 42.8 Å². The molecule has 144 valence electrons. The van der Waals surface area contributed by atoms with Crippen molar-refractivity contribution in [3.05, 3.63) is 65.0 Å². The Morgan fingerprint density at radius 2 is 1.67 bits per heavy atom. The highest BCUT2D eigenvalue weighted by atomic mass is 32.2. The highest BCUT2D eigenvalue weighted by Gasteiger charge is 2.19. The smallest absolute Gasteiger partial charge is 0.251 e. The lowest BCUT2D eigenvalue weighted by atomic mass is 10.1. The maximum atomic E-state index is 13.0. The fourth-order valence-corrected chi connectivity index (χ4v) is 2.86. The van der Waals surface area contributed by atoms with Gasteiger partial charge in [-0.1, -0.05) is 12.1 Å². The number of carbonyl (C=O) groups is 2. The Morgan fingerprint density at radius 3 is 2.19 bits per heavy atom. The Hall–Kier alpha value is -2.94. The zero-order valence-corrected chi connectivity index (χ0v) is 15.9. The maximum Gasteiger partial charge on any atom is 0.251 e. The van der Waals surface area contributed by atoms with Crippen molar-refractivity contribution in [3.63, 3.8) is 0 Å². The van der Waals surface area contributed by atoms with E-state index in [2.05, 4.69) is 5.32 Å². The zero-order valence-electron chi connectivity index (χ0n) is 15.1. The number of amides is 2. The third kappa shape index (κ3) is 5.04. The van der Waals surface area contributed by atoms with Crippen molar-refractivity contribution in [2.75, 3.05) is 17.6 Å². The molecule has 0 unspecified atom stereocenters. The normalized spacial score (nSPS) is 12.3. The first-order chi connectivity index (χ1) is 12.5. The van der Waals surface area contributed by atoms with Crippen LogP contribution in [-0.2, 0) is 10.0 Å². The quantitative estimate of drug-likeness (QED) is 0.780. The number of sulfonamides is 1. The molecule has 27 heavy (non-hydrogen) atoms. The molecular weight excluding hydrogens is 373 g/mol. The number of anilines is 1. The molecule has 7 nitrogen and oxygen atoms in total. The minimum Gasteiger partial charge on any atom is -0.366 e. The SMILES string of the molecule is C[C@@H](NC(=O)c1cc(C(N)=O)cc(N(C)S(C)(=O)=O)c1)c1ccc(F)cc1. The molecule has 0 radical (unpaired) electrons. The summed E-state index contributed by atoms with van der Waals surface area (Å²) in [6.07, 6.45) is 1.00. The lowest BCUT2D eigenvalue weighted by Gasteiger charge is -2.19. The Morgan fingerprint density at radius 1 is 1.11 bits per heavy atom. The number of halogens is 1. The molecule has 0 aliphatic rings. The molecule has 2 rings (SSSR count). The average Bonchev–Trinajstić information content (AvgIpc) is 2.60. The van der Waals surface area contributed by atoms with Gasteiger partial charge in [0, 0.05) is 18.2 Å². The van der Waals surface area contributed by atoms with Gasteiger partial charge in [0.2, 0.25) is 15.9 Å². The van der Waals surface area contributed by atoms with Crippen LogP contribution in [0, 0.1) is 5.82 Å². The van der Waals surface area contributed by atoms with Gasteiger partial charge in [0.25, 0.3) is 5.91 Å². The van der Waals surface area contributed by atoms with Crippen LogP contribution in [0.25, 0.3) is 0 Å². The number of nitrogens with two attached hydrogens (primary N) is 1. The second-order valence-corrected chi connectivity index (χ2v) is 8.12. The van der Waals surface area contributed by atoms with Crippen molar-refractivity contribution >= 4 is 27.5 Å². The molecule has 0 saturated carbocycles. The van der Waals surface area contributed by atoms with Crippen LogP contribution in [0.15, 0.2) is 42.5 Å². The van der Waals surface area contributed by atoms with E-state index in [1.165, 1.54) is 37.4 Å². The molecule has 0 aromatic heterocycles. The first-order valence-corrected chi connectivity index (χ1v) is 9.79. The van der Waals surface area contributed by atoms with E-state index in [9.17, 15) is 22.4 Å². The molecule has 0 heterocycles. The van der Waals surface area contributed by atoms with Crippen LogP contribution in [0.4, 0.5) is 10.1 Å². The van der Waals surface area contributed by atoms with Crippen LogP contribution >= 0.6 is 0 Å². The van der Waals surface area contributed by atoms with Gasteiger partial charge in [0.1, 0.15) is 5.82 Å². The van der Waals surface area contributed by atoms with Gasteiger partial charge in [0.15, 0.2) is 0 Å². The van der Waals surface area contributed by atoms with E-state index >= 15 is 0 Å². The Kier molecular flexibility index (Phi) is 5.85. The van der Waals surface area contributed by atoms with Gasteiger partial charge in [-0.25, -0.2) is 12.8 Å². The summed E-state index contributed by atoms with van der Waals surface area (Å²) in [5, 5.41) is 2.72. The topological polar surface area (TPSA) is 110 Å². The summed E-state index contributed by atoms with van der Waals surface area (Å²) in [5.74, 6) is -1.71. The fourth-order valence-electron chi connectivity index (χ4n) is 2.37.